The average molecular weight is 298 g/mol. The molecule has 2 aliphatic heterocycles. The first-order valence-corrected chi connectivity index (χ1v) is 7.80. The zero-order chi connectivity index (χ0) is 14.9. The molecular weight excluding hydrogens is 272 g/mol. The Hall–Kier alpha value is -1.18. The van der Waals surface area contributed by atoms with Crippen molar-refractivity contribution in [2.45, 2.75) is 12.8 Å². The molecule has 21 heavy (non-hydrogen) atoms. The van der Waals surface area contributed by atoms with Gasteiger partial charge in [-0.2, -0.15) is 0 Å². The Labute approximate surface area is 126 Å². The number of nitrogens with one attached hydrogen (secondary N) is 2. The summed E-state index contributed by atoms with van der Waals surface area (Å²) in [6.07, 6.45) is 1.72. The lowest BCUT2D eigenvalue weighted by atomic mass is 10.3. The van der Waals surface area contributed by atoms with E-state index in [9.17, 15) is 9.59 Å². The zero-order valence-corrected chi connectivity index (χ0v) is 12.6. The first kappa shape index (κ1) is 16.2. The molecule has 2 saturated heterocycles. The van der Waals surface area contributed by atoms with Gasteiger partial charge in [-0.3, -0.25) is 19.4 Å². The molecule has 2 N–H and O–H groups in total. The summed E-state index contributed by atoms with van der Waals surface area (Å²) in [6.45, 7) is 6.61. The number of ether oxygens (including phenoxy) is 1. The first-order valence-electron chi connectivity index (χ1n) is 7.80. The molecule has 2 rings (SSSR count). The molecular formula is C14H26N4O3. The van der Waals surface area contributed by atoms with Gasteiger partial charge in [0.25, 0.3) is 0 Å². The molecule has 2 unspecified atom stereocenters. The highest BCUT2D eigenvalue weighted by molar-refractivity contribution is 5.78. The van der Waals surface area contributed by atoms with E-state index in [4.69, 9.17) is 4.74 Å². The fourth-order valence-corrected chi connectivity index (χ4v) is 2.61. The van der Waals surface area contributed by atoms with Gasteiger partial charge in [-0.15, -0.1) is 0 Å². The van der Waals surface area contributed by atoms with Crippen molar-refractivity contribution in [2.24, 2.45) is 0 Å². The van der Waals surface area contributed by atoms with Crippen LogP contribution in [-0.4, -0.2) is 87.2 Å². The van der Waals surface area contributed by atoms with Gasteiger partial charge in [-0.1, -0.05) is 0 Å². The van der Waals surface area contributed by atoms with Crippen LogP contribution in [0.15, 0.2) is 0 Å². The summed E-state index contributed by atoms with van der Waals surface area (Å²) < 4.78 is 5.59. The molecule has 2 atom stereocenters. The third kappa shape index (κ3) is 6.41. The van der Waals surface area contributed by atoms with Crippen LogP contribution in [0.3, 0.4) is 0 Å². The van der Waals surface area contributed by atoms with Crippen molar-refractivity contribution in [2.75, 3.05) is 65.6 Å². The minimum atomic E-state index is 0.0484. The van der Waals surface area contributed by atoms with E-state index in [1.165, 1.54) is 0 Å². The summed E-state index contributed by atoms with van der Waals surface area (Å²) in [4.78, 5) is 28.0. The molecule has 7 nitrogen and oxygen atoms in total. The van der Waals surface area contributed by atoms with E-state index in [2.05, 4.69) is 20.4 Å². The molecule has 0 saturated carbocycles. The molecule has 2 aliphatic rings. The number of fused-ring (bicyclic) bond motifs is 4. The van der Waals surface area contributed by atoms with E-state index in [1.54, 1.807) is 0 Å². The Morgan fingerprint density at radius 1 is 0.762 bits per heavy atom. The number of amides is 2. The van der Waals surface area contributed by atoms with Gasteiger partial charge in [0, 0.05) is 26.2 Å². The van der Waals surface area contributed by atoms with Crippen LogP contribution in [0.1, 0.15) is 12.8 Å². The summed E-state index contributed by atoms with van der Waals surface area (Å²) in [5.41, 5.74) is 0. The maximum absolute atomic E-state index is 11.9. The summed E-state index contributed by atoms with van der Waals surface area (Å²) in [7, 11) is 0. The fourth-order valence-electron chi connectivity index (χ4n) is 2.61. The van der Waals surface area contributed by atoms with Crippen LogP contribution in [0.25, 0.3) is 0 Å². The quantitative estimate of drug-likeness (QED) is 0.578. The van der Waals surface area contributed by atoms with Crippen molar-refractivity contribution in [3.63, 3.8) is 0 Å². The lowest BCUT2D eigenvalue weighted by Crippen LogP contribution is -2.45. The monoisotopic (exact) mass is 298 g/mol. The van der Waals surface area contributed by atoms with Crippen LogP contribution in [0.5, 0.6) is 0 Å². The lowest BCUT2D eigenvalue weighted by Gasteiger charge is -2.27. The van der Waals surface area contributed by atoms with Crippen LogP contribution in [0, 0.1) is 0 Å². The SMILES string of the molecule is O=C1CN2CCCN(CCOCC2)CC(=O)NCCCN1. The van der Waals surface area contributed by atoms with Crippen molar-refractivity contribution >= 4 is 11.8 Å². The maximum atomic E-state index is 11.9. The Balaban J connectivity index is 1.97. The second-order valence-corrected chi connectivity index (χ2v) is 5.57. The zero-order valence-electron chi connectivity index (χ0n) is 12.6. The number of carbonyl (C=O) groups is 2. The molecule has 7 heteroatoms. The van der Waals surface area contributed by atoms with Crippen molar-refractivity contribution in [3.8, 4) is 0 Å². The molecule has 0 radical (unpaired) electrons. The Morgan fingerprint density at radius 2 is 1.29 bits per heavy atom. The second-order valence-electron chi connectivity index (χ2n) is 5.57. The lowest BCUT2D eigenvalue weighted by molar-refractivity contribution is -0.122. The Bertz CT molecular complexity index is 321. The van der Waals surface area contributed by atoms with Crippen LogP contribution in [0.2, 0.25) is 0 Å². The minimum Gasteiger partial charge on any atom is -0.379 e. The van der Waals surface area contributed by atoms with Crippen molar-refractivity contribution < 1.29 is 14.3 Å². The Kier molecular flexibility index (Phi) is 6.91. The van der Waals surface area contributed by atoms with Gasteiger partial charge >= 0.3 is 0 Å². The average Bonchev–Trinajstić information content (AvgIpc) is 2.45. The van der Waals surface area contributed by atoms with Crippen molar-refractivity contribution in [1.29, 1.82) is 0 Å². The second kappa shape index (κ2) is 8.96. The highest BCUT2D eigenvalue weighted by Gasteiger charge is 2.16. The summed E-state index contributed by atoms with van der Waals surface area (Å²) in [5.74, 6) is 0.0969. The van der Waals surface area contributed by atoms with Crippen LogP contribution < -0.4 is 10.6 Å². The van der Waals surface area contributed by atoms with Crippen molar-refractivity contribution in [1.82, 2.24) is 20.4 Å². The molecule has 120 valence electrons. The third-order valence-electron chi connectivity index (χ3n) is 3.78. The van der Waals surface area contributed by atoms with Crippen LogP contribution >= 0.6 is 0 Å². The standard InChI is InChI=1S/C14H26N4O3/c19-13-11-17-5-2-6-18(8-10-21-9-7-17)12-14(20)16-4-1-3-15-13/h1-12H2,(H,15,19)(H,16,20). The first-order chi connectivity index (χ1) is 10.2. The van der Waals surface area contributed by atoms with Gasteiger partial charge in [0.15, 0.2) is 0 Å². The highest BCUT2D eigenvalue weighted by Crippen LogP contribution is 2.00. The molecule has 2 amide bonds. The van der Waals surface area contributed by atoms with Crippen LogP contribution in [-0.2, 0) is 14.3 Å². The van der Waals surface area contributed by atoms with Crippen LogP contribution in [0.4, 0.5) is 0 Å². The highest BCUT2D eigenvalue weighted by atomic mass is 16.5. The van der Waals surface area contributed by atoms with Gasteiger partial charge in [0.05, 0.1) is 26.3 Å². The van der Waals surface area contributed by atoms with Gasteiger partial charge in [-0.05, 0) is 25.9 Å². The molecule has 0 aromatic rings. The van der Waals surface area contributed by atoms with Gasteiger partial charge < -0.3 is 15.4 Å². The van der Waals surface area contributed by atoms with E-state index >= 15 is 0 Å². The van der Waals surface area contributed by atoms with E-state index in [-0.39, 0.29) is 11.8 Å². The molecule has 2 fully saturated rings. The van der Waals surface area contributed by atoms with Crippen molar-refractivity contribution in [3.05, 3.63) is 0 Å². The molecule has 0 spiro atoms. The summed E-state index contributed by atoms with van der Waals surface area (Å²) in [6, 6.07) is 0. The number of rotatable bonds is 0. The number of nitrogens with zero attached hydrogens (tertiary/aromatic N) is 2. The topological polar surface area (TPSA) is 73.9 Å². The summed E-state index contributed by atoms with van der Waals surface area (Å²) in [5, 5.41) is 5.79. The minimum absolute atomic E-state index is 0.0484. The smallest absolute Gasteiger partial charge is 0.234 e. The van der Waals surface area contributed by atoms with Gasteiger partial charge in [0.1, 0.15) is 0 Å². The molecule has 2 heterocycles. The van der Waals surface area contributed by atoms with Gasteiger partial charge in [-0.25, -0.2) is 0 Å². The van der Waals surface area contributed by atoms with E-state index in [0.29, 0.717) is 39.4 Å². The molecule has 0 aliphatic carbocycles. The third-order valence-corrected chi connectivity index (χ3v) is 3.78. The number of hydrogen-bond donors (Lipinski definition) is 2. The maximum Gasteiger partial charge on any atom is 0.234 e. The van der Waals surface area contributed by atoms with Gasteiger partial charge in [0.2, 0.25) is 11.8 Å². The number of hydrogen-bond acceptors (Lipinski definition) is 5. The number of carbonyl (C=O) groups excluding carboxylic acids is 2. The summed E-state index contributed by atoms with van der Waals surface area (Å²) >= 11 is 0. The van der Waals surface area contributed by atoms with E-state index in [0.717, 1.165) is 39.0 Å². The van der Waals surface area contributed by atoms with E-state index in [1.807, 2.05) is 0 Å². The predicted octanol–water partition coefficient (Wildman–Crippen LogP) is -1.35. The normalized spacial score (nSPS) is 30.3. The molecule has 0 aromatic heterocycles. The van der Waals surface area contributed by atoms with E-state index < -0.39 is 0 Å². The molecule has 2 bridgehead atoms. The largest absolute Gasteiger partial charge is 0.379 e. The Morgan fingerprint density at radius 3 is 1.81 bits per heavy atom. The fraction of sp³-hybridized carbons (Fsp3) is 0.857. The predicted molar refractivity (Wildman–Crippen MR) is 79.0 cm³/mol. The molecule has 0 aromatic carbocycles.